The smallest absolute Gasteiger partial charge is 0.246 e. The van der Waals surface area contributed by atoms with Gasteiger partial charge in [0, 0.05) is 24.8 Å². The van der Waals surface area contributed by atoms with Gasteiger partial charge in [-0.1, -0.05) is 12.1 Å². The number of benzene rings is 1. The van der Waals surface area contributed by atoms with Crippen molar-refractivity contribution in [1.82, 2.24) is 14.3 Å². The Kier molecular flexibility index (Phi) is 5.85. The first-order valence-electron chi connectivity index (χ1n) is 9.12. The molecular formula is C19H25FN4O3S. The Hall–Kier alpha value is -2.26. The second kappa shape index (κ2) is 8.00. The van der Waals surface area contributed by atoms with E-state index in [1.54, 1.807) is 31.2 Å². The fourth-order valence-electron chi connectivity index (χ4n) is 3.33. The molecule has 1 fully saturated rings. The number of rotatable bonds is 6. The fourth-order valence-corrected chi connectivity index (χ4v) is 4.93. The third-order valence-electron chi connectivity index (χ3n) is 4.86. The molecule has 7 nitrogen and oxygen atoms in total. The summed E-state index contributed by atoms with van der Waals surface area (Å²) in [7, 11) is -2.30. The molecule has 0 saturated carbocycles. The Morgan fingerprint density at radius 3 is 2.54 bits per heavy atom. The van der Waals surface area contributed by atoms with Crippen molar-refractivity contribution in [3.63, 3.8) is 0 Å². The zero-order valence-corrected chi connectivity index (χ0v) is 17.1. The number of hydrogen-bond donors (Lipinski definition) is 1. The molecule has 2 aromatic rings. The minimum Gasteiger partial charge on any atom is -0.495 e. The van der Waals surface area contributed by atoms with Gasteiger partial charge in [-0.2, -0.15) is 4.31 Å². The van der Waals surface area contributed by atoms with Gasteiger partial charge in [0.05, 0.1) is 13.7 Å². The molecule has 1 aromatic heterocycles. The average molecular weight is 408 g/mol. The summed E-state index contributed by atoms with van der Waals surface area (Å²) in [5, 5.41) is 3.03. The molecule has 2 heterocycles. The van der Waals surface area contributed by atoms with Gasteiger partial charge < -0.3 is 10.1 Å². The van der Waals surface area contributed by atoms with Gasteiger partial charge in [0.15, 0.2) is 0 Å². The van der Waals surface area contributed by atoms with Crippen molar-refractivity contribution in [1.29, 1.82) is 0 Å². The van der Waals surface area contributed by atoms with E-state index < -0.39 is 15.7 Å². The summed E-state index contributed by atoms with van der Waals surface area (Å²) in [6, 6.07) is 8.23. The minimum absolute atomic E-state index is 0.0748. The number of piperidine rings is 1. The van der Waals surface area contributed by atoms with Crippen LogP contribution >= 0.6 is 0 Å². The molecule has 152 valence electrons. The number of sulfonamides is 1. The maximum absolute atomic E-state index is 15.2. The number of nitrogens with one attached hydrogen (secondary N) is 1. The highest BCUT2D eigenvalue weighted by Crippen LogP contribution is 2.32. The molecule has 1 aliphatic heterocycles. The number of aryl methyl sites for hydroxylation is 2. The van der Waals surface area contributed by atoms with Crippen molar-refractivity contribution in [2.75, 3.05) is 32.1 Å². The molecule has 1 saturated heterocycles. The Morgan fingerprint density at radius 2 is 1.89 bits per heavy atom. The summed E-state index contributed by atoms with van der Waals surface area (Å²) >= 11 is 0. The molecule has 28 heavy (non-hydrogen) atoms. The van der Waals surface area contributed by atoms with E-state index in [1.165, 1.54) is 17.5 Å². The van der Waals surface area contributed by atoms with Crippen LogP contribution in [0.3, 0.4) is 0 Å². The zero-order chi connectivity index (χ0) is 20.4. The molecule has 0 radical (unpaired) electrons. The Bertz CT molecular complexity index is 924. The largest absolute Gasteiger partial charge is 0.495 e. The third kappa shape index (κ3) is 4.41. The van der Waals surface area contributed by atoms with Crippen molar-refractivity contribution >= 4 is 15.8 Å². The lowest BCUT2D eigenvalue weighted by Crippen LogP contribution is -2.47. The van der Waals surface area contributed by atoms with Crippen LogP contribution in [0.5, 0.6) is 5.75 Å². The lowest BCUT2D eigenvalue weighted by molar-refractivity contribution is 0.102. The highest BCUT2D eigenvalue weighted by molar-refractivity contribution is 7.89. The van der Waals surface area contributed by atoms with Gasteiger partial charge in [0.1, 0.15) is 28.0 Å². The predicted octanol–water partition coefficient (Wildman–Crippen LogP) is 2.71. The lowest BCUT2D eigenvalue weighted by atomic mass is 9.94. The molecule has 1 aliphatic rings. The van der Waals surface area contributed by atoms with Crippen LogP contribution in [-0.4, -0.2) is 55.1 Å². The summed E-state index contributed by atoms with van der Waals surface area (Å²) in [5.41, 5.74) is -0.694. The third-order valence-corrected chi connectivity index (χ3v) is 6.80. The van der Waals surface area contributed by atoms with E-state index in [2.05, 4.69) is 15.3 Å². The van der Waals surface area contributed by atoms with Gasteiger partial charge in [-0.05, 0) is 38.8 Å². The Morgan fingerprint density at radius 1 is 1.21 bits per heavy atom. The van der Waals surface area contributed by atoms with Crippen LogP contribution in [-0.2, 0) is 10.0 Å². The van der Waals surface area contributed by atoms with Crippen molar-refractivity contribution in [3.05, 3.63) is 41.9 Å². The highest BCUT2D eigenvalue weighted by Gasteiger charge is 2.39. The number of ether oxygens (including phenoxy) is 1. The van der Waals surface area contributed by atoms with Gasteiger partial charge in [-0.3, -0.25) is 0 Å². The van der Waals surface area contributed by atoms with Crippen LogP contribution in [0.1, 0.15) is 24.4 Å². The molecular weight excluding hydrogens is 383 g/mol. The summed E-state index contributed by atoms with van der Waals surface area (Å²) in [6.07, 6.45) is 0.217. The number of nitrogens with zero attached hydrogens (tertiary/aromatic N) is 3. The normalized spacial score (nSPS) is 17.3. The number of methoxy groups -OCH3 is 1. The van der Waals surface area contributed by atoms with E-state index in [0.717, 1.165) is 5.69 Å². The second-order valence-electron chi connectivity index (χ2n) is 7.00. The van der Waals surface area contributed by atoms with Crippen LogP contribution in [0.2, 0.25) is 0 Å². The summed E-state index contributed by atoms with van der Waals surface area (Å²) in [4.78, 5) is 8.56. The number of halogens is 1. The van der Waals surface area contributed by atoms with E-state index >= 15 is 4.39 Å². The highest BCUT2D eigenvalue weighted by atomic mass is 32.2. The van der Waals surface area contributed by atoms with Crippen molar-refractivity contribution in [2.45, 2.75) is 37.3 Å². The van der Waals surface area contributed by atoms with Crippen LogP contribution in [0, 0.1) is 13.8 Å². The van der Waals surface area contributed by atoms with E-state index in [0.29, 0.717) is 11.6 Å². The topological polar surface area (TPSA) is 84.4 Å². The number of alkyl halides is 1. The Labute approximate surface area is 165 Å². The molecule has 0 spiro atoms. The van der Waals surface area contributed by atoms with Crippen molar-refractivity contribution in [3.8, 4) is 5.75 Å². The van der Waals surface area contributed by atoms with Crippen molar-refractivity contribution < 1.29 is 17.5 Å². The van der Waals surface area contributed by atoms with E-state index in [4.69, 9.17) is 4.74 Å². The average Bonchev–Trinajstić information content (AvgIpc) is 2.66. The summed E-state index contributed by atoms with van der Waals surface area (Å²) in [5.74, 6) is 1.48. The van der Waals surface area contributed by atoms with Crippen LogP contribution in [0.15, 0.2) is 35.2 Å². The molecule has 0 amide bonds. The lowest BCUT2D eigenvalue weighted by Gasteiger charge is -2.36. The molecule has 9 heteroatoms. The van der Waals surface area contributed by atoms with Crippen LogP contribution in [0.25, 0.3) is 0 Å². The van der Waals surface area contributed by atoms with E-state index in [-0.39, 0.29) is 43.1 Å². The first-order chi connectivity index (χ1) is 13.2. The van der Waals surface area contributed by atoms with E-state index in [1.807, 2.05) is 6.92 Å². The maximum atomic E-state index is 15.2. The van der Waals surface area contributed by atoms with Gasteiger partial charge in [-0.15, -0.1) is 0 Å². The predicted molar refractivity (Wildman–Crippen MR) is 105 cm³/mol. The molecule has 0 unspecified atom stereocenters. The molecule has 1 N–H and O–H groups in total. The second-order valence-corrected chi connectivity index (χ2v) is 8.91. The quantitative estimate of drug-likeness (QED) is 0.791. The first kappa shape index (κ1) is 20.5. The van der Waals surface area contributed by atoms with Gasteiger partial charge in [-0.25, -0.2) is 22.8 Å². The van der Waals surface area contributed by atoms with Crippen LogP contribution in [0.4, 0.5) is 10.2 Å². The fraction of sp³-hybridized carbons (Fsp3) is 0.474. The zero-order valence-electron chi connectivity index (χ0n) is 16.3. The number of anilines is 1. The summed E-state index contributed by atoms with van der Waals surface area (Å²) < 4.78 is 47.6. The monoisotopic (exact) mass is 408 g/mol. The first-order valence-corrected chi connectivity index (χ1v) is 10.6. The van der Waals surface area contributed by atoms with Gasteiger partial charge in [0.2, 0.25) is 10.0 Å². The van der Waals surface area contributed by atoms with Crippen LogP contribution < -0.4 is 10.1 Å². The SMILES string of the molecule is COc1ccccc1S(=O)(=O)N1CCC(F)(CNc2cc(C)nc(C)n2)CC1. The van der Waals surface area contributed by atoms with E-state index in [9.17, 15) is 8.42 Å². The standard InChI is InChI=1S/C19H25FN4O3S/c1-14-12-18(23-15(2)22-14)21-13-19(20)8-10-24(11-9-19)28(25,26)17-7-5-4-6-16(17)27-3/h4-7,12H,8-11,13H2,1-3H3,(H,21,22,23). The number of hydrogen-bond acceptors (Lipinski definition) is 6. The minimum atomic E-state index is -3.73. The molecule has 0 atom stereocenters. The number of para-hydroxylation sites is 1. The Balaban J connectivity index is 1.66. The van der Waals surface area contributed by atoms with Gasteiger partial charge >= 0.3 is 0 Å². The molecule has 0 bridgehead atoms. The number of aromatic nitrogens is 2. The maximum Gasteiger partial charge on any atom is 0.246 e. The molecule has 0 aliphatic carbocycles. The molecule has 1 aromatic carbocycles. The molecule has 3 rings (SSSR count). The van der Waals surface area contributed by atoms with Gasteiger partial charge in [0.25, 0.3) is 0 Å². The van der Waals surface area contributed by atoms with Crippen molar-refractivity contribution in [2.24, 2.45) is 0 Å². The summed E-state index contributed by atoms with van der Waals surface area (Å²) in [6.45, 7) is 3.93.